The average Bonchev–Trinajstić information content (AvgIpc) is 2.77. The summed E-state index contributed by atoms with van der Waals surface area (Å²) in [4.78, 5) is 36.1. The first-order valence-electron chi connectivity index (χ1n) is 9.48. The van der Waals surface area contributed by atoms with Gasteiger partial charge < -0.3 is 19.4 Å². The maximum atomic E-state index is 12.9. The van der Waals surface area contributed by atoms with E-state index in [0.29, 0.717) is 12.2 Å². The molecule has 8 nitrogen and oxygen atoms in total. The van der Waals surface area contributed by atoms with Crippen molar-refractivity contribution in [2.45, 2.75) is 25.2 Å². The summed E-state index contributed by atoms with van der Waals surface area (Å²) in [6.45, 7) is -0.615. The Hall–Kier alpha value is -3.87. The molecule has 0 spiro atoms. The van der Waals surface area contributed by atoms with Crippen LogP contribution in [0.2, 0.25) is 0 Å². The number of nitrogens with zero attached hydrogens (tertiary/aromatic N) is 1. The summed E-state index contributed by atoms with van der Waals surface area (Å²) >= 11 is 0. The molecule has 0 radical (unpaired) electrons. The number of carbonyl (C=O) groups excluding carboxylic acids is 3. The number of carbonyl (C=O) groups is 3. The van der Waals surface area contributed by atoms with E-state index in [1.807, 2.05) is 6.07 Å². The van der Waals surface area contributed by atoms with Gasteiger partial charge in [-0.1, -0.05) is 12.1 Å². The van der Waals surface area contributed by atoms with Crippen LogP contribution >= 0.6 is 0 Å². The lowest BCUT2D eigenvalue weighted by molar-refractivity contribution is -0.121. The molecule has 1 N–H and O–H groups in total. The first-order valence-corrected chi connectivity index (χ1v) is 9.48. The number of ether oxygens (including phenoxy) is 2. The topological polar surface area (TPSA) is 115 Å². The molecule has 10 heteroatoms. The van der Waals surface area contributed by atoms with Crippen molar-refractivity contribution in [3.63, 3.8) is 0 Å². The van der Waals surface area contributed by atoms with Crippen LogP contribution in [0.4, 0.5) is 4.39 Å². The number of nitrogens with one attached hydrogen (secondary N) is 1. The molecule has 2 aromatic carbocycles. The summed E-state index contributed by atoms with van der Waals surface area (Å²) in [7, 11) is 0.162. The van der Waals surface area contributed by atoms with E-state index in [4.69, 9.17) is 19.4 Å². The monoisotopic (exact) mass is 424 g/mol. The zero-order valence-corrected chi connectivity index (χ0v) is 16.4. The summed E-state index contributed by atoms with van der Waals surface area (Å²) in [5.74, 6) is -2.14. The second kappa shape index (κ2) is 10.3. The number of benzene rings is 2. The molecule has 1 heterocycles. The lowest BCUT2D eigenvalue weighted by atomic mass is 9.79. The molecule has 3 rings (SSSR count). The van der Waals surface area contributed by atoms with Crippen LogP contribution in [0.3, 0.4) is 0 Å². The zero-order chi connectivity index (χ0) is 22.2. The standard InChI is InChI=1S/C21H18BFN2O6/c23-15-8-6-13(7-9-15)20(27)29-12-30-21(28)16-4-1-3-14-11-17(22-31-19(14)16)25-18(26)5-2-10-24/h1,3-4,6-9,17,22H,2,5,11-12H2,(H,25,26). The highest BCUT2D eigenvalue weighted by atomic mass is 19.1. The molecule has 1 amide bonds. The van der Waals surface area contributed by atoms with Gasteiger partial charge in [0.2, 0.25) is 12.7 Å². The van der Waals surface area contributed by atoms with E-state index in [0.717, 1.165) is 17.7 Å². The van der Waals surface area contributed by atoms with Gasteiger partial charge >= 0.3 is 19.4 Å². The van der Waals surface area contributed by atoms with Gasteiger partial charge in [-0.2, -0.15) is 5.26 Å². The predicted octanol–water partition coefficient (Wildman–Crippen LogP) is 1.83. The molecule has 0 fully saturated rings. The summed E-state index contributed by atoms with van der Waals surface area (Å²) in [6.07, 6.45) is 0.703. The van der Waals surface area contributed by atoms with Gasteiger partial charge in [0.25, 0.3) is 0 Å². The Morgan fingerprint density at radius 1 is 1.16 bits per heavy atom. The molecule has 2 aromatic rings. The maximum Gasteiger partial charge on any atom is 0.363 e. The minimum Gasteiger partial charge on any atom is -0.561 e. The van der Waals surface area contributed by atoms with Gasteiger partial charge in [0.05, 0.1) is 11.6 Å². The highest BCUT2D eigenvalue weighted by Gasteiger charge is 2.27. The Labute approximate surface area is 178 Å². The number of para-hydroxylation sites is 1. The summed E-state index contributed by atoms with van der Waals surface area (Å²) < 4.78 is 28.5. The van der Waals surface area contributed by atoms with Crippen molar-refractivity contribution in [3.8, 4) is 11.8 Å². The quantitative estimate of drug-likeness (QED) is 0.410. The van der Waals surface area contributed by atoms with Crippen LogP contribution in [-0.2, 0) is 20.7 Å². The van der Waals surface area contributed by atoms with Crippen LogP contribution in [0.5, 0.6) is 5.75 Å². The molecule has 0 saturated heterocycles. The first kappa shape index (κ1) is 21.8. The lowest BCUT2D eigenvalue weighted by Crippen LogP contribution is -2.45. The lowest BCUT2D eigenvalue weighted by Gasteiger charge is -2.26. The van der Waals surface area contributed by atoms with E-state index in [1.165, 1.54) is 18.2 Å². The van der Waals surface area contributed by atoms with Crippen molar-refractivity contribution in [1.29, 1.82) is 5.26 Å². The fraction of sp³-hybridized carbons (Fsp3) is 0.238. The minimum atomic E-state index is -0.755. The van der Waals surface area contributed by atoms with Crippen molar-refractivity contribution in [1.82, 2.24) is 5.32 Å². The third-order valence-electron chi connectivity index (χ3n) is 4.50. The maximum absolute atomic E-state index is 12.9. The number of nitriles is 1. The number of esters is 2. The molecule has 1 atom stereocenters. The highest BCUT2D eigenvalue weighted by molar-refractivity contribution is 6.32. The van der Waals surface area contributed by atoms with Crippen LogP contribution in [0.25, 0.3) is 0 Å². The Kier molecular flexibility index (Phi) is 7.22. The van der Waals surface area contributed by atoms with Crippen LogP contribution in [0, 0.1) is 17.1 Å². The van der Waals surface area contributed by atoms with E-state index in [-0.39, 0.29) is 43.3 Å². The molecule has 31 heavy (non-hydrogen) atoms. The molecule has 158 valence electrons. The van der Waals surface area contributed by atoms with Gasteiger partial charge in [0.15, 0.2) is 0 Å². The van der Waals surface area contributed by atoms with E-state index in [2.05, 4.69) is 5.32 Å². The zero-order valence-electron chi connectivity index (χ0n) is 16.4. The number of hydrogen-bond donors (Lipinski definition) is 1. The van der Waals surface area contributed by atoms with Crippen LogP contribution in [0.15, 0.2) is 42.5 Å². The second-order valence-electron chi connectivity index (χ2n) is 6.72. The second-order valence-corrected chi connectivity index (χ2v) is 6.72. The largest absolute Gasteiger partial charge is 0.561 e. The number of halogens is 1. The Morgan fingerprint density at radius 3 is 2.65 bits per heavy atom. The van der Waals surface area contributed by atoms with E-state index >= 15 is 0 Å². The third kappa shape index (κ3) is 5.82. The third-order valence-corrected chi connectivity index (χ3v) is 4.50. The highest BCUT2D eigenvalue weighted by Crippen LogP contribution is 2.29. The number of amides is 1. The summed E-state index contributed by atoms with van der Waals surface area (Å²) in [6, 6.07) is 11.6. The average molecular weight is 424 g/mol. The van der Waals surface area contributed by atoms with Crippen molar-refractivity contribution >= 4 is 25.3 Å². The molecule has 1 aliphatic rings. The van der Waals surface area contributed by atoms with Crippen molar-refractivity contribution in [2.24, 2.45) is 0 Å². The molecule has 1 aliphatic heterocycles. The fourth-order valence-electron chi connectivity index (χ4n) is 3.03. The summed E-state index contributed by atoms with van der Waals surface area (Å²) in [5.41, 5.74) is 1.01. The van der Waals surface area contributed by atoms with E-state index < -0.39 is 24.5 Å². The van der Waals surface area contributed by atoms with Gasteiger partial charge in [-0.05, 0) is 42.3 Å². The predicted molar refractivity (Wildman–Crippen MR) is 107 cm³/mol. The van der Waals surface area contributed by atoms with Crippen LogP contribution in [-0.4, -0.2) is 38.1 Å². The number of hydrogen-bond acceptors (Lipinski definition) is 7. The smallest absolute Gasteiger partial charge is 0.363 e. The Balaban J connectivity index is 1.55. The normalized spacial score (nSPS) is 14.1. The van der Waals surface area contributed by atoms with Crippen LogP contribution in [0.1, 0.15) is 39.1 Å². The van der Waals surface area contributed by atoms with Gasteiger partial charge in [-0.15, -0.1) is 0 Å². The molecule has 0 aromatic heterocycles. The van der Waals surface area contributed by atoms with Crippen molar-refractivity contribution < 1.29 is 32.9 Å². The Morgan fingerprint density at radius 2 is 1.90 bits per heavy atom. The summed E-state index contributed by atoms with van der Waals surface area (Å²) in [5, 5.41) is 11.4. The molecule has 0 aliphatic carbocycles. The fourth-order valence-corrected chi connectivity index (χ4v) is 3.03. The molecule has 1 unspecified atom stereocenters. The molecule has 0 saturated carbocycles. The SMILES string of the molecule is N#CCCC(=O)NC1BOc2c(cccc2C(=O)OCOC(=O)c2ccc(F)cc2)C1. The minimum absolute atomic E-state index is 0.114. The van der Waals surface area contributed by atoms with E-state index in [9.17, 15) is 18.8 Å². The van der Waals surface area contributed by atoms with Crippen molar-refractivity contribution in [2.75, 3.05) is 6.79 Å². The molecule has 0 bridgehead atoms. The molecular formula is C21H18BFN2O6. The van der Waals surface area contributed by atoms with Crippen molar-refractivity contribution in [3.05, 3.63) is 65.0 Å². The molecular weight excluding hydrogens is 406 g/mol. The van der Waals surface area contributed by atoms with Gasteiger partial charge in [-0.3, -0.25) is 4.79 Å². The van der Waals surface area contributed by atoms with Crippen LogP contribution < -0.4 is 9.97 Å². The van der Waals surface area contributed by atoms with E-state index in [1.54, 1.807) is 12.1 Å². The van der Waals surface area contributed by atoms with Gasteiger partial charge in [-0.25, -0.2) is 14.0 Å². The number of fused-ring (bicyclic) bond motifs is 1. The number of rotatable bonds is 7. The van der Waals surface area contributed by atoms with Gasteiger partial charge in [0, 0.05) is 18.8 Å². The van der Waals surface area contributed by atoms with Gasteiger partial charge in [0.1, 0.15) is 17.1 Å². The Bertz CT molecular complexity index is 1020. The first-order chi connectivity index (χ1) is 15.0.